The molecule has 19 heavy (non-hydrogen) atoms. The number of amides is 1. The fraction of sp³-hybridized carbons (Fsp3) is 0.231. The SMILES string of the molecule is CN1C(=O)CCc2cc(-c3[nH]nc(N)c3Br)ccc21. The van der Waals surface area contributed by atoms with Gasteiger partial charge < -0.3 is 10.6 Å². The van der Waals surface area contributed by atoms with E-state index in [1.807, 2.05) is 19.2 Å². The van der Waals surface area contributed by atoms with E-state index in [9.17, 15) is 4.79 Å². The summed E-state index contributed by atoms with van der Waals surface area (Å²) < 4.78 is 0.771. The van der Waals surface area contributed by atoms with Crippen molar-refractivity contribution in [3.63, 3.8) is 0 Å². The van der Waals surface area contributed by atoms with E-state index in [4.69, 9.17) is 5.73 Å². The third kappa shape index (κ3) is 1.92. The Labute approximate surface area is 118 Å². The number of carbonyl (C=O) groups excluding carboxylic acids is 1. The Kier molecular flexibility index (Phi) is 2.82. The number of aromatic amines is 1. The Morgan fingerprint density at radius 1 is 1.42 bits per heavy atom. The molecule has 2 heterocycles. The number of benzene rings is 1. The first-order valence-electron chi connectivity index (χ1n) is 5.97. The molecule has 1 aliphatic heterocycles. The zero-order chi connectivity index (χ0) is 13.6. The lowest BCUT2D eigenvalue weighted by molar-refractivity contribution is -0.118. The highest BCUT2D eigenvalue weighted by Gasteiger charge is 2.21. The lowest BCUT2D eigenvalue weighted by Gasteiger charge is -2.26. The average Bonchev–Trinajstić information content (AvgIpc) is 2.74. The zero-order valence-corrected chi connectivity index (χ0v) is 12.0. The number of nitrogens with one attached hydrogen (secondary N) is 1. The summed E-state index contributed by atoms with van der Waals surface area (Å²) in [7, 11) is 1.81. The van der Waals surface area contributed by atoms with Crippen molar-refractivity contribution in [2.45, 2.75) is 12.8 Å². The molecule has 0 bridgehead atoms. The second kappa shape index (κ2) is 4.38. The largest absolute Gasteiger partial charge is 0.381 e. The topological polar surface area (TPSA) is 75.0 Å². The van der Waals surface area contributed by atoms with Crippen molar-refractivity contribution in [3.05, 3.63) is 28.2 Å². The molecule has 1 aromatic carbocycles. The van der Waals surface area contributed by atoms with E-state index in [0.717, 1.165) is 27.8 Å². The Morgan fingerprint density at radius 3 is 2.89 bits per heavy atom. The molecule has 98 valence electrons. The minimum Gasteiger partial charge on any atom is -0.381 e. The van der Waals surface area contributed by atoms with Gasteiger partial charge in [-0.25, -0.2) is 0 Å². The standard InChI is InChI=1S/C13H13BrN4O/c1-18-9-4-2-8(6-7(9)3-5-10(18)19)12-11(14)13(15)17-16-12/h2,4,6H,3,5H2,1H3,(H3,15,16,17). The number of halogens is 1. The van der Waals surface area contributed by atoms with E-state index in [2.05, 4.69) is 32.2 Å². The molecular weight excluding hydrogens is 308 g/mol. The van der Waals surface area contributed by atoms with Gasteiger partial charge in [0.2, 0.25) is 5.91 Å². The Bertz CT molecular complexity index is 665. The molecule has 1 aromatic heterocycles. The van der Waals surface area contributed by atoms with Gasteiger partial charge in [-0.1, -0.05) is 6.07 Å². The predicted molar refractivity (Wildman–Crippen MR) is 77.9 cm³/mol. The molecule has 0 saturated heterocycles. The van der Waals surface area contributed by atoms with Gasteiger partial charge in [-0.2, -0.15) is 5.10 Å². The van der Waals surface area contributed by atoms with E-state index in [1.165, 1.54) is 5.56 Å². The van der Waals surface area contributed by atoms with Crippen molar-refractivity contribution in [1.82, 2.24) is 10.2 Å². The number of nitrogen functional groups attached to an aromatic ring is 1. The molecule has 0 spiro atoms. The average molecular weight is 321 g/mol. The van der Waals surface area contributed by atoms with Crippen molar-refractivity contribution in [2.24, 2.45) is 0 Å². The van der Waals surface area contributed by atoms with Crippen LogP contribution in [-0.4, -0.2) is 23.2 Å². The number of nitrogens with zero attached hydrogens (tertiary/aromatic N) is 2. The molecule has 0 unspecified atom stereocenters. The van der Waals surface area contributed by atoms with Crippen molar-refractivity contribution in [3.8, 4) is 11.3 Å². The van der Waals surface area contributed by atoms with Gasteiger partial charge in [0.1, 0.15) is 0 Å². The molecule has 3 rings (SSSR count). The minimum atomic E-state index is 0.159. The quantitative estimate of drug-likeness (QED) is 0.846. The smallest absolute Gasteiger partial charge is 0.227 e. The van der Waals surface area contributed by atoms with Gasteiger partial charge in [0.15, 0.2) is 5.82 Å². The number of carbonyl (C=O) groups is 1. The first-order valence-corrected chi connectivity index (χ1v) is 6.76. The molecule has 0 radical (unpaired) electrons. The van der Waals surface area contributed by atoms with Gasteiger partial charge in [-0.05, 0) is 40.0 Å². The third-order valence-electron chi connectivity index (χ3n) is 3.44. The number of fused-ring (bicyclic) bond motifs is 1. The second-order valence-electron chi connectivity index (χ2n) is 4.59. The van der Waals surface area contributed by atoms with Gasteiger partial charge in [-0.3, -0.25) is 9.89 Å². The first kappa shape index (κ1) is 12.2. The number of anilines is 2. The summed E-state index contributed by atoms with van der Waals surface area (Å²) >= 11 is 3.42. The van der Waals surface area contributed by atoms with Crippen LogP contribution in [-0.2, 0) is 11.2 Å². The maximum Gasteiger partial charge on any atom is 0.227 e. The summed E-state index contributed by atoms with van der Waals surface area (Å²) in [6, 6.07) is 6.01. The molecule has 6 heteroatoms. The summed E-state index contributed by atoms with van der Waals surface area (Å²) in [6.45, 7) is 0. The van der Waals surface area contributed by atoms with Gasteiger partial charge in [0.25, 0.3) is 0 Å². The summed E-state index contributed by atoms with van der Waals surface area (Å²) in [6.07, 6.45) is 1.33. The summed E-state index contributed by atoms with van der Waals surface area (Å²) in [4.78, 5) is 13.4. The van der Waals surface area contributed by atoms with Gasteiger partial charge >= 0.3 is 0 Å². The van der Waals surface area contributed by atoms with Crippen LogP contribution in [0.1, 0.15) is 12.0 Å². The lowest BCUT2D eigenvalue weighted by atomic mass is 9.98. The second-order valence-corrected chi connectivity index (χ2v) is 5.39. The first-order chi connectivity index (χ1) is 9.08. The number of rotatable bonds is 1. The van der Waals surface area contributed by atoms with Crippen molar-refractivity contribution in [2.75, 3.05) is 17.7 Å². The number of hydrogen-bond donors (Lipinski definition) is 2. The molecule has 1 amide bonds. The summed E-state index contributed by atoms with van der Waals surface area (Å²) in [5, 5.41) is 6.89. The number of aromatic nitrogens is 2. The monoisotopic (exact) mass is 320 g/mol. The fourth-order valence-electron chi connectivity index (χ4n) is 2.35. The zero-order valence-electron chi connectivity index (χ0n) is 10.4. The molecule has 2 aromatic rings. The molecule has 1 aliphatic rings. The van der Waals surface area contributed by atoms with Crippen LogP contribution in [0.15, 0.2) is 22.7 Å². The number of hydrogen-bond acceptors (Lipinski definition) is 3. The molecule has 0 fully saturated rings. The van der Waals surface area contributed by atoms with Crippen LogP contribution in [0, 0.1) is 0 Å². The van der Waals surface area contributed by atoms with E-state index in [0.29, 0.717) is 12.2 Å². The van der Waals surface area contributed by atoms with Crippen LogP contribution in [0.2, 0.25) is 0 Å². The van der Waals surface area contributed by atoms with E-state index in [-0.39, 0.29) is 5.91 Å². The molecule has 3 N–H and O–H groups in total. The van der Waals surface area contributed by atoms with Crippen LogP contribution in [0.3, 0.4) is 0 Å². The maximum absolute atomic E-state index is 11.7. The van der Waals surface area contributed by atoms with Crippen LogP contribution in [0.5, 0.6) is 0 Å². The Balaban J connectivity index is 2.07. The van der Waals surface area contributed by atoms with E-state index >= 15 is 0 Å². The van der Waals surface area contributed by atoms with Gasteiger partial charge in [0, 0.05) is 24.7 Å². The third-order valence-corrected chi connectivity index (χ3v) is 4.25. The van der Waals surface area contributed by atoms with E-state index in [1.54, 1.807) is 4.90 Å². The number of aryl methyl sites for hydroxylation is 1. The van der Waals surface area contributed by atoms with Crippen LogP contribution in [0.4, 0.5) is 11.5 Å². The van der Waals surface area contributed by atoms with Crippen LogP contribution < -0.4 is 10.6 Å². The number of H-pyrrole nitrogens is 1. The molecule has 0 aliphatic carbocycles. The molecule has 0 atom stereocenters. The molecule has 5 nitrogen and oxygen atoms in total. The normalized spacial score (nSPS) is 14.6. The molecular formula is C13H13BrN4O. The highest BCUT2D eigenvalue weighted by atomic mass is 79.9. The van der Waals surface area contributed by atoms with Gasteiger partial charge in [-0.15, -0.1) is 0 Å². The summed E-state index contributed by atoms with van der Waals surface area (Å²) in [5.41, 5.74) is 9.73. The minimum absolute atomic E-state index is 0.159. The Morgan fingerprint density at radius 2 is 2.21 bits per heavy atom. The highest BCUT2D eigenvalue weighted by molar-refractivity contribution is 9.10. The van der Waals surface area contributed by atoms with Crippen molar-refractivity contribution >= 4 is 33.3 Å². The van der Waals surface area contributed by atoms with Crippen LogP contribution in [0.25, 0.3) is 11.3 Å². The lowest BCUT2D eigenvalue weighted by Crippen LogP contribution is -2.30. The highest BCUT2D eigenvalue weighted by Crippen LogP contribution is 2.34. The van der Waals surface area contributed by atoms with Crippen LogP contribution >= 0.6 is 15.9 Å². The van der Waals surface area contributed by atoms with E-state index < -0.39 is 0 Å². The van der Waals surface area contributed by atoms with Crippen molar-refractivity contribution < 1.29 is 4.79 Å². The Hall–Kier alpha value is -1.82. The predicted octanol–water partition coefficient (Wildman–Crippen LogP) is 2.33. The van der Waals surface area contributed by atoms with Gasteiger partial charge in [0.05, 0.1) is 10.2 Å². The molecule has 0 saturated carbocycles. The maximum atomic E-state index is 11.7. The summed E-state index contributed by atoms with van der Waals surface area (Å²) in [5.74, 6) is 0.604. The van der Waals surface area contributed by atoms with Crippen molar-refractivity contribution in [1.29, 1.82) is 0 Å². The fourth-order valence-corrected chi connectivity index (χ4v) is 2.75. The number of nitrogens with two attached hydrogens (primary N) is 1.